The van der Waals surface area contributed by atoms with E-state index in [1.807, 2.05) is 67.5 Å². The lowest BCUT2D eigenvalue weighted by Gasteiger charge is -2.24. The molecule has 1 aliphatic heterocycles. The molecular weight excluding hydrogens is 404 g/mol. The number of nitrogens with one attached hydrogen (secondary N) is 2. The van der Waals surface area contributed by atoms with Gasteiger partial charge in [0, 0.05) is 26.3 Å². The van der Waals surface area contributed by atoms with Gasteiger partial charge in [-0.05, 0) is 41.2 Å². The third kappa shape index (κ3) is 4.77. The summed E-state index contributed by atoms with van der Waals surface area (Å²) >= 11 is 0. The monoisotopic (exact) mass is 436 g/mol. The maximum Gasteiger partial charge on any atom is 0.325 e. The molecule has 0 aromatic heterocycles. The van der Waals surface area contributed by atoms with Crippen LogP contribution in [0.2, 0.25) is 0 Å². The first-order valence-electron chi connectivity index (χ1n) is 10.7. The molecule has 1 atom stereocenters. The van der Waals surface area contributed by atoms with Crippen LogP contribution in [-0.4, -0.2) is 43.4 Å². The van der Waals surface area contributed by atoms with Crippen molar-refractivity contribution in [2.75, 3.05) is 25.5 Å². The molecular formula is C25H32N4O3. The standard InChI is InChI=1S/C25H32N4O3/c1-24(2,3)18-9-11-19(12-10-18)25(4)22(31)29(23(32)27-25)16-21(30)26-15-17-7-13-20(14-8-17)28(5)6/h7-14H,15-16H2,1-6H3,(H,26,30)(H,27,32). The fraction of sp³-hybridized carbons (Fsp3) is 0.400. The van der Waals surface area contributed by atoms with Crippen molar-refractivity contribution in [3.8, 4) is 0 Å². The predicted molar refractivity (Wildman–Crippen MR) is 125 cm³/mol. The molecule has 7 heteroatoms. The number of urea groups is 1. The molecule has 3 rings (SSSR count). The summed E-state index contributed by atoms with van der Waals surface area (Å²) in [4.78, 5) is 41.0. The molecule has 0 saturated carbocycles. The highest BCUT2D eigenvalue weighted by atomic mass is 16.2. The molecule has 170 valence electrons. The van der Waals surface area contributed by atoms with Crippen LogP contribution in [0.15, 0.2) is 48.5 Å². The fourth-order valence-electron chi connectivity index (χ4n) is 3.65. The number of rotatable bonds is 6. The highest BCUT2D eigenvalue weighted by Crippen LogP contribution is 2.31. The van der Waals surface area contributed by atoms with Crippen LogP contribution in [0.1, 0.15) is 44.4 Å². The molecule has 32 heavy (non-hydrogen) atoms. The summed E-state index contributed by atoms with van der Waals surface area (Å²) < 4.78 is 0. The maximum atomic E-state index is 13.1. The lowest BCUT2D eigenvalue weighted by molar-refractivity contribution is -0.134. The second-order valence-electron chi connectivity index (χ2n) is 9.61. The first-order valence-corrected chi connectivity index (χ1v) is 10.7. The van der Waals surface area contributed by atoms with E-state index in [9.17, 15) is 14.4 Å². The van der Waals surface area contributed by atoms with Gasteiger partial charge in [0.05, 0.1) is 0 Å². The number of imide groups is 1. The normalized spacial score (nSPS) is 18.5. The van der Waals surface area contributed by atoms with Crippen LogP contribution in [0.5, 0.6) is 0 Å². The van der Waals surface area contributed by atoms with Gasteiger partial charge in [-0.2, -0.15) is 0 Å². The molecule has 4 amide bonds. The zero-order valence-electron chi connectivity index (χ0n) is 19.7. The van der Waals surface area contributed by atoms with Gasteiger partial charge in [-0.1, -0.05) is 57.2 Å². The van der Waals surface area contributed by atoms with Crippen molar-refractivity contribution in [1.82, 2.24) is 15.5 Å². The van der Waals surface area contributed by atoms with Crippen molar-refractivity contribution in [2.24, 2.45) is 0 Å². The van der Waals surface area contributed by atoms with Gasteiger partial charge in [0.1, 0.15) is 12.1 Å². The lowest BCUT2D eigenvalue weighted by atomic mass is 9.84. The number of benzene rings is 2. The Morgan fingerprint density at radius 2 is 1.62 bits per heavy atom. The summed E-state index contributed by atoms with van der Waals surface area (Å²) in [5.41, 5.74) is 2.61. The smallest absolute Gasteiger partial charge is 0.325 e. The molecule has 0 bridgehead atoms. The third-order valence-corrected chi connectivity index (χ3v) is 5.85. The summed E-state index contributed by atoms with van der Waals surface area (Å²) in [7, 11) is 3.92. The molecule has 1 unspecified atom stereocenters. The van der Waals surface area contributed by atoms with Gasteiger partial charge >= 0.3 is 6.03 Å². The Hall–Kier alpha value is -3.35. The van der Waals surface area contributed by atoms with Crippen LogP contribution in [0, 0.1) is 0 Å². The van der Waals surface area contributed by atoms with E-state index in [2.05, 4.69) is 31.4 Å². The number of anilines is 1. The molecule has 0 spiro atoms. The maximum absolute atomic E-state index is 13.1. The number of amides is 4. The largest absolute Gasteiger partial charge is 0.378 e. The van der Waals surface area contributed by atoms with E-state index in [-0.39, 0.29) is 12.0 Å². The van der Waals surface area contributed by atoms with Gasteiger partial charge in [-0.25, -0.2) is 4.79 Å². The summed E-state index contributed by atoms with van der Waals surface area (Å²) in [5, 5.41) is 5.53. The van der Waals surface area contributed by atoms with Crippen molar-refractivity contribution in [3.63, 3.8) is 0 Å². The third-order valence-electron chi connectivity index (χ3n) is 5.85. The molecule has 2 N–H and O–H groups in total. The molecule has 0 radical (unpaired) electrons. The molecule has 1 heterocycles. The molecule has 1 aliphatic rings. The second kappa shape index (κ2) is 8.65. The minimum atomic E-state index is -1.20. The summed E-state index contributed by atoms with van der Waals surface area (Å²) in [5.74, 6) is -0.825. The van der Waals surface area contributed by atoms with Crippen molar-refractivity contribution in [1.29, 1.82) is 0 Å². The predicted octanol–water partition coefficient (Wildman–Crippen LogP) is 3.13. The van der Waals surface area contributed by atoms with Gasteiger partial charge < -0.3 is 15.5 Å². The van der Waals surface area contributed by atoms with E-state index in [0.29, 0.717) is 12.1 Å². The van der Waals surface area contributed by atoms with Gasteiger partial charge in [-0.3, -0.25) is 14.5 Å². The van der Waals surface area contributed by atoms with E-state index < -0.39 is 23.4 Å². The number of hydrogen-bond acceptors (Lipinski definition) is 4. The first kappa shape index (κ1) is 23.3. The lowest BCUT2D eigenvalue weighted by Crippen LogP contribution is -2.43. The van der Waals surface area contributed by atoms with E-state index >= 15 is 0 Å². The molecule has 2 aromatic carbocycles. The Kier molecular flexibility index (Phi) is 6.30. The van der Waals surface area contributed by atoms with Crippen molar-refractivity contribution >= 4 is 23.5 Å². The van der Waals surface area contributed by atoms with Crippen molar-refractivity contribution in [2.45, 2.75) is 45.2 Å². The number of carbonyl (C=O) groups is 3. The second-order valence-corrected chi connectivity index (χ2v) is 9.61. The van der Waals surface area contributed by atoms with Crippen LogP contribution >= 0.6 is 0 Å². The average molecular weight is 437 g/mol. The highest BCUT2D eigenvalue weighted by Gasteiger charge is 2.49. The first-order chi connectivity index (χ1) is 14.9. The van der Waals surface area contributed by atoms with Crippen LogP contribution < -0.4 is 15.5 Å². The SMILES string of the molecule is CN(C)c1ccc(CNC(=O)CN2C(=O)NC(C)(c3ccc(C(C)(C)C)cc3)C2=O)cc1. The summed E-state index contributed by atoms with van der Waals surface area (Å²) in [6.07, 6.45) is 0. The zero-order chi connectivity index (χ0) is 23.7. The van der Waals surface area contributed by atoms with E-state index in [1.165, 1.54) is 0 Å². The molecule has 1 fully saturated rings. The Balaban J connectivity index is 1.64. The average Bonchev–Trinajstić information content (AvgIpc) is 2.96. The van der Waals surface area contributed by atoms with Crippen LogP contribution in [0.4, 0.5) is 10.5 Å². The topological polar surface area (TPSA) is 81.8 Å². The van der Waals surface area contributed by atoms with Crippen molar-refractivity contribution < 1.29 is 14.4 Å². The zero-order valence-corrected chi connectivity index (χ0v) is 19.7. The molecule has 2 aromatic rings. The van der Waals surface area contributed by atoms with Gasteiger partial charge in [0.25, 0.3) is 5.91 Å². The Morgan fingerprint density at radius 1 is 1.03 bits per heavy atom. The summed E-state index contributed by atoms with van der Waals surface area (Å²) in [6.45, 7) is 8.01. The molecule has 0 aliphatic carbocycles. The summed E-state index contributed by atoms with van der Waals surface area (Å²) in [6, 6.07) is 14.9. The van der Waals surface area contributed by atoms with E-state index in [0.717, 1.165) is 21.7 Å². The quantitative estimate of drug-likeness (QED) is 0.682. The Labute approximate surface area is 189 Å². The number of nitrogens with zero attached hydrogens (tertiary/aromatic N) is 2. The number of carbonyl (C=O) groups excluding carboxylic acids is 3. The highest BCUT2D eigenvalue weighted by molar-refractivity contribution is 6.09. The van der Waals surface area contributed by atoms with Crippen molar-refractivity contribution in [3.05, 3.63) is 65.2 Å². The minimum absolute atomic E-state index is 0.0146. The van der Waals surface area contributed by atoms with Crippen LogP contribution in [0.3, 0.4) is 0 Å². The number of hydrogen-bond donors (Lipinski definition) is 2. The Bertz CT molecular complexity index is 1010. The minimum Gasteiger partial charge on any atom is -0.378 e. The van der Waals surface area contributed by atoms with Gasteiger partial charge in [-0.15, -0.1) is 0 Å². The molecule has 7 nitrogen and oxygen atoms in total. The van der Waals surface area contributed by atoms with Gasteiger partial charge in [0.2, 0.25) is 5.91 Å². The molecule has 1 saturated heterocycles. The van der Waals surface area contributed by atoms with Crippen LogP contribution in [0.25, 0.3) is 0 Å². The van der Waals surface area contributed by atoms with E-state index in [4.69, 9.17) is 0 Å². The van der Waals surface area contributed by atoms with Gasteiger partial charge in [0.15, 0.2) is 0 Å². The van der Waals surface area contributed by atoms with Crippen LogP contribution in [-0.2, 0) is 27.1 Å². The van der Waals surface area contributed by atoms with E-state index in [1.54, 1.807) is 6.92 Å². The Morgan fingerprint density at radius 3 is 2.16 bits per heavy atom. The fourth-order valence-corrected chi connectivity index (χ4v) is 3.65.